The lowest BCUT2D eigenvalue weighted by Gasteiger charge is -2.24. The maximum atomic E-state index is 12.4. The van der Waals surface area contributed by atoms with Gasteiger partial charge < -0.3 is 10.2 Å². The van der Waals surface area contributed by atoms with Gasteiger partial charge in [0.15, 0.2) is 0 Å². The van der Waals surface area contributed by atoms with Crippen LogP contribution >= 0.6 is 11.6 Å². The van der Waals surface area contributed by atoms with E-state index in [-0.39, 0.29) is 0 Å². The van der Waals surface area contributed by atoms with Crippen LogP contribution in [0.25, 0.3) is 0 Å². The summed E-state index contributed by atoms with van der Waals surface area (Å²) < 4.78 is 37.1. The molecule has 0 heterocycles. The number of nitrogens with one attached hydrogen (secondary N) is 1. The number of hydrogen-bond donors (Lipinski definition) is 1. The van der Waals surface area contributed by atoms with E-state index in [2.05, 4.69) is 5.32 Å². The van der Waals surface area contributed by atoms with E-state index in [1.807, 2.05) is 6.92 Å². The third-order valence-corrected chi connectivity index (χ3v) is 2.67. The van der Waals surface area contributed by atoms with Gasteiger partial charge >= 0.3 is 6.18 Å². The molecule has 1 rings (SSSR count). The van der Waals surface area contributed by atoms with Crippen LogP contribution in [0, 0.1) is 0 Å². The maximum Gasteiger partial charge on any atom is 0.405 e. The summed E-state index contributed by atoms with van der Waals surface area (Å²) in [5.74, 6) is 0. The van der Waals surface area contributed by atoms with Crippen molar-refractivity contribution in [3.05, 3.63) is 28.8 Å². The molecule has 1 aromatic carbocycles. The Labute approximate surface area is 110 Å². The predicted octanol–water partition coefficient (Wildman–Crippen LogP) is 3.45. The Morgan fingerprint density at radius 3 is 2.56 bits per heavy atom. The van der Waals surface area contributed by atoms with Crippen LogP contribution in [0.1, 0.15) is 12.5 Å². The summed E-state index contributed by atoms with van der Waals surface area (Å²) in [6.07, 6.45) is -4.22. The second-order valence-electron chi connectivity index (χ2n) is 4.02. The van der Waals surface area contributed by atoms with E-state index in [0.717, 1.165) is 12.1 Å². The molecule has 1 N–H and O–H groups in total. The highest BCUT2D eigenvalue weighted by Gasteiger charge is 2.30. The topological polar surface area (TPSA) is 15.3 Å². The first-order valence-electron chi connectivity index (χ1n) is 5.60. The minimum atomic E-state index is -4.22. The van der Waals surface area contributed by atoms with E-state index in [1.54, 1.807) is 18.2 Å². The summed E-state index contributed by atoms with van der Waals surface area (Å²) >= 11 is 5.87. The van der Waals surface area contributed by atoms with E-state index in [1.165, 1.54) is 11.9 Å². The van der Waals surface area contributed by atoms with Crippen LogP contribution in [0.2, 0.25) is 5.02 Å². The molecule has 102 valence electrons. The van der Waals surface area contributed by atoms with Gasteiger partial charge in [-0.2, -0.15) is 13.2 Å². The second kappa shape index (κ2) is 6.29. The fourth-order valence-corrected chi connectivity index (χ4v) is 1.88. The van der Waals surface area contributed by atoms with Gasteiger partial charge in [0.1, 0.15) is 6.54 Å². The normalized spacial score (nSPS) is 11.7. The molecule has 0 aromatic heterocycles. The van der Waals surface area contributed by atoms with E-state index < -0.39 is 12.7 Å². The second-order valence-corrected chi connectivity index (χ2v) is 4.46. The average molecular weight is 281 g/mol. The standard InChI is InChI=1S/C12H16ClF3N2/c1-3-17-7-9-6-10(13)4-5-11(9)18(2)8-12(14,15)16/h4-6,17H,3,7-8H2,1-2H3. The molecule has 0 amide bonds. The molecule has 0 aliphatic rings. The Morgan fingerprint density at radius 2 is 2.00 bits per heavy atom. The molecule has 0 bridgehead atoms. The summed E-state index contributed by atoms with van der Waals surface area (Å²) in [4.78, 5) is 1.18. The Hall–Kier alpha value is -0.940. The number of alkyl halides is 3. The van der Waals surface area contributed by atoms with Gasteiger partial charge in [0.2, 0.25) is 0 Å². The molecule has 2 nitrogen and oxygen atoms in total. The number of hydrogen-bond acceptors (Lipinski definition) is 2. The van der Waals surface area contributed by atoms with Gasteiger partial charge in [0.05, 0.1) is 0 Å². The van der Waals surface area contributed by atoms with Crippen LogP contribution in [0.5, 0.6) is 0 Å². The van der Waals surface area contributed by atoms with E-state index in [0.29, 0.717) is 17.3 Å². The summed E-state index contributed by atoms with van der Waals surface area (Å²) in [6, 6.07) is 4.90. The lowest BCUT2D eigenvalue weighted by atomic mass is 10.1. The van der Waals surface area contributed by atoms with Gasteiger partial charge in [-0.05, 0) is 30.3 Å². The monoisotopic (exact) mass is 280 g/mol. The first-order valence-corrected chi connectivity index (χ1v) is 5.98. The number of anilines is 1. The van der Waals surface area contributed by atoms with Gasteiger partial charge in [-0.25, -0.2) is 0 Å². The molecule has 6 heteroatoms. The minimum absolute atomic E-state index is 0.495. The van der Waals surface area contributed by atoms with Crippen molar-refractivity contribution in [2.24, 2.45) is 0 Å². The molecular formula is C12H16ClF3N2. The highest BCUT2D eigenvalue weighted by Crippen LogP contribution is 2.26. The van der Waals surface area contributed by atoms with Crippen molar-refractivity contribution >= 4 is 17.3 Å². The van der Waals surface area contributed by atoms with Gasteiger partial charge in [0.25, 0.3) is 0 Å². The first kappa shape index (κ1) is 15.1. The molecule has 0 spiro atoms. The van der Waals surface area contributed by atoms with Crippen molar-refractivity contribution < 1.29 is 13.2 Å². The van der Waals surface area contributed by atoms with Crippen molar-refractivity contribution in [1.82, 2.24) is 5.32 Å². The van der Waals surface area contributed by atoms with Gasteiger partial charge in [-0.3, -0.25) is 0 Å². The Morgan fingerprint density at radius 1 is 1.33 bits per heavy atom. The minimum Gasteiger partial charge on any atom is -0.365 e. The third-order valence-electron chi connectivity index (χ3n) is 2.43. The molecule has 1 aromatic rings. The summed E-state index contributed by atoms with van der Waals surface area (Å²) in [5, 5.41) is 3.60. The van der Waals surface area contributed by atoms with Crippen molar-refractivity contribution in [1.29, 1.82) is 0 Å². The first-order chi connectivity index (χ1) is 8.33. The molecular weight excluding hydrogens is 265 g/mol. The molecule has 0 fully saturated rings. The number of benzene rings is 1. The number of nitrogens with zero attached hydrogens (tertiary/aromatic N) is 1. The van der Waals surface area contributed by atoms with Crippen LogP contribution < -0.4 is 10.2 Å². The largest absolute Gasteiger partial charge is 0.405 e. The Balaban J connectivity index is 2.92. The fraction of sp³-hybridized carbons (Fsp3) is 0.500. The van der Waals surface area contributed by atoms with Crippen LogP contribution in [-0.2, 0) is 6.54 Å². The maximum absolute atomic E-state index is 12.4. The zero-order chi connectivity index (χ0) is 13.8. The lowest BCUT2D eigenvalue weighted by Crippen LogP contribution is -2.31. The summed E-state index contributed by atoms with van der Waals surface area (Å²) in [5.41, 5.74) is 1.30. The van der Waals surface area contributed by atoms with E-state index in [9.17, 15) is 13.2 Å². The molecule has 0 radical (unpaired) electrons. The molecule has 0 aliphatic carbocycles. The molecule has 0 saturated carbocycles. The lowest BCUT2D eigenvalue weighted by molar-refractivity contribution is -0.119. The Bertz CT molecular complexity index is 393. The molecule has 0 saturated heterocycles. The highest BCUT2D eigenvalue weighted by molar-refractivity contribution is 6.30. The number of rotatable bonds is 5. The molecule has 0 atom stereocenters. The van der Waals surface area contributed by atoms with Crippen molar-refractivity contribution in [2.75, 3.05) is 25.0 Å². The van der Waals surface area contributed by atoms with Crippen molar-refractivity contribution in [3.63, 3.8) is 0 Å². The smallest absolute Gasteiger partial charge is 0.365 e. The molecule has 18 heavy (non-hydrogen) atoms. The van der Waals surface area contributed by atoms with Crippen molar-refractivity contribution in [2.45, 2.75) is 19.6 Å². The van der Waals surface area contributed by atoms with Crippen molar-refractivity contribution in [3.8, 4) is 0 Å². The highest BCUT2D eigenvalue weighted by atomic mass is 35.5. The quantitative estimate of drug-likeness (QED) is 0.889. The van der Waals surface area contributed by atoms with E-state index in [4.69, 9.17) is 11.6 Å². The van der Waals surface area contributed by atoms with Crippen LogP contribution in [0.15, 0.2) is 18.2 Å². The van der Waals surface area contributed by atoms with Crippen LogP contribution in [0.3, 0.4) is 0 Å². The Kier molecular flexibility index (Phi) is 5.28. The summed E-state index contributed by atoms with van der Waals surface area (Å²) in [7, 11) is 1.42. The third kappa shape index (κ3) is 4.74. The fourth-order valence-electron chi connectivity index (χ4n) is 1.68. The molecule has 0 unspecified atom stereocenters. The van der Waals surface area contributed by atoms with Crippen LogP contribution in [-0.4, -0.2) is 26.3 Å². The van der Waals surface area contributed by atoms with Gasteiger partial charge in [-0.1, -0.05) is 18.5 Å². The predicted molar refractivity (Wildman–Crippen MR) is 68.2 cm³/mol. The van der Waals surface area contributed by atoms with Crippen LogP contribution in [0.4, 0.5) is 18.9 Å². The van der Waals surface area contributed by atoms with E-state index >= 15 is 0 Å². The molecule has 0 aliphatic heterocycles. The number of halogens is 4. The zero-order valence-corrected chi connectivity index (χ0v) is 11.1. The van der Waals surface area contributed by atoms with Gasteiger partial charge in [-0.15, -0.1) is 0 Å². The van der Waals surface area contributed by atoms with Gasteiger partial charge in [0, 0.05) is 24.3 Å². The summed E-state index contributed by atoms with van der Waals surface area (Å²) in [6.45, 7) is 2.20. The average Bonchev–Trinajstić information content (AvgIpc) is 2.23. The SMILES string of the molecule is CCNCc1cc(Cl)ccc1N(C)CC(F)(F)F. The zero-order valence-electron chi connectivity index (χ0n) is 10.3.